The third-order valence-electron chi connectivity index (χ3n) is 1.23. The van der Waals surface area contributed by atoms with E-state index in [0.717, 1.165) is 5.57 Å². The monoisotopic (exact) mass is 142 g/mol. The lowest BCUT2D eigenvalue weighted by Crippen LogP contribution is -2.49. The molecule has 0 rings (SSSR count). The highest BCUT2D eigenvalue weighted by Gasteiger charge is 2.24. The molecule has 0 unspecified atom stereocenters. The Balaban J connectivity index is 4.13. The van der Waals surface area contributed by atoms with Crippen LogP contribution in [0, 0.1) is 0 Å². The van der Waals surface area contributed by atoms with Gasteiger partial charge in [0.2, 0.25) is 5.91 Å². The molecule has 0 aromatic heterocycles. The van der Waals surface area contributed by atoms with Gasteiger partial charge in [-0.25, -0.2) is 0 Å². The molecule has 4 N–H and O–H groups in total. The van der Waals surface area contributed by atoms with Gasteiger partial charge in [0.05, 0.1) is 5.54 Å². The molecule has 1 atom stereocenters. The van der Waals surface area contributed by atoms with Crippen LogP contribution in [0.5, 0.6) is 0 Å². The summed E-state index contributed by atoms with van der Waals surface area (Å²) in [5.41, 5.74) is 10.5. The predicted octanol–water partition coefficient (Wildman–Crippen LogP) is 0.155. The van der Waals surface area contributed by atoms with E-state index in [4.69, 9.17) is 11.5 Å². The van der Waals surface area contributed by atoms with Gasteiger partial charge >= 0.3 is 0 Å². The minimum Gasteiger partial charge on any atom is -0.368 e. The lowest BCUT2D eigenvalue weighted by Gasteiger charge is -2.19. The third kappa shape index (κ3) is 2.64. The molecule has 0 bridgehead atoms. The van der Waals surface area contributed by atoms with Crippen LogP contribution in [0.1, 0.15) is 20.3 Å². The largest absolute Gasteiger partial charge is 0.368 e. The maximum atomic E-state index is 10.6. The lowest BCUT2D eigenvalue weighted by molar-refractivity contribution is -0.122. The van der Waals surface area contributed by atoms with Gasteiger partial charge in [-0.15, -0.1) is 6.58 Å². The second-order valence-corrected chi connectivity index (χ2v) is 2.92. The number of amides is 1. The smallest absolute Gasteiger partial charge is 0.237 e. The normalized spacial score (nSPS) is 15.9. The van der Waals surface area contributed by atoms with Gasteiger partial charge in [-0.2, -0.15) is 0 Å². The van der Waals surface area contributed by atoms with Gasteiger partial charge < -0.3 is 11.5 Å². The van der Waals surface area contributed by atoms with Crippen molar-refractivity contribution in [3.05, 3.63) is 12.2 Å². The molecule has 0 saturated carbocycles. The van der Waals surface area contributed by atoms with Crippen LogP contribution in [-0.2, 0) is 4.79 Å². The molecule has 0 fully saturated rings. The SMILES string of the molecule is C=C(C)C[C@](C)(N)C(N)=O. The van der Waals surface area contributed by atoms with Gasteiger partial charge in [0.25, 0.3) is 0 Å². The van der Waals surface area contributed by atoms with Gasteiger partial charge in [0.15, 0.2) is 0 Å². The third-order valence-corrected chi connectivity index (χ3v) is 1.23. The molecular weight excluding hydrogens is 128 g/mol. The van der Waals surface area contributed by atoms with E-state index in [1.807, 2.05) is 6.92 Å². The van der Waals surface area contributed by atoms with Crippen LogP contribution >= 0.6 is 0 Å². The molecular formula is C7H14N2O. The Morgan fingerprint density at radius 3 is 2.20 bits per heavy atom. The molecule has 0 aromatic rings. The maximum Gasteiger partial charge on any atom is 0.237 e. The van der Waals surface area contributed by atoms with E-state index in [1.165, 1.54) is 0 Å². The highest BCUT2D eigenvalue weighted by atomic mass is 16.1. The average Bonchev–Trinajstić information content (AvgIpc) is 1.60. The van der Waals surface area contributed by atoms with Crippen LogP contribution in [0.4, 0.5) is 0 Å². The van der Waals surface area contributed by atoms with E-state index in [0.29, 0.717) is 6.42 Å². The van der Waals surface area contributed by atoms with Gasteiger partial charge in [0.1, 0.15) is 0 Å². The van der Waals surface area contributed by atoms with Crippen molar-refractivity contribution >= 4 is 5.91 Å². The molecule has 0 spiro atoms. The molecule has 0 aromatic carbocycles. The van der Waals surface area contributed by atoms with E-state index in [9.17, 15) is 4.79 Å². The Morgan fingerprint density at radius 1 is 1.70 bits per heavy atom. The van der Waals surface area contributed by atoms with Gasteiger partial charge in [-0.3, -0.25) is 4.79 Å². The van der Waals surface area contributed by atoms with Crippen molar-refractivity contribution < 1.29 is 4.79 Å². The second kappa shape index (κ2) is 2.84. The number of rotatable bonds is 3. The minimum atomic E-state index is -0.939. The molecule has 1 amide bonds. The van der Waals surface area contributed by atoms with Crippen molar-refractivity contribution in [2.24, 2.45) is 11.5 Å². The Kier molecular flexibility index (Phi) is 2.60. The zero-order valence-corrected chi connectivity index (χ0v) is 6.48. The number of nitrogens with two attached hydrogens (primary N) is 2. The molecule has 3 nitrogen and oxygen atoms in total. The number of primary amides is 1. The number of carbonyl (C=O) groups is 1. The Morgan fingerprint density at radius 2 is 2.10 bits per heavy atom. The molecule has 0 aliphatic carbocycles. The highest BCUT2D eigenvalue weighted by molar-refractivity contribution is 5.84. The summed E-state index contributed by atoms with van der Waals surface area (Å²) in [7, 11) is 0. The van der Waals surface area contributed by atoms with Crippen molar-refractivity contribution in [1.82, 2.24) is 0 Å². The summed E-state index contributed by atoms with van der Waals surface area (Å²) in [4.78, 5) is 10.6. The summed E-state index contributed by atoms with van der Waals surface area (Å²) < 4.78 is 0. The van der Waals surface area contributed by atoms with E-state index >= 15 is 0 Å². The molecule has 0 heterocycles. The maximum absolute atomic E-state index is 10.6. The highest BCUT2D eigenvalue weighted by Crippen LogP contribution is 2.10. The van der Waals surface area contributed by atoms with Crippen LogP contribution in [0.2, 0.25) is 0 Å². The first-order valence-electron chi connectivity index (χ1n) is 3.09. The van der Waals surface area contributed by atoms with Gasteiger partial charge in [0, 0.05) is 0 Å². The minimum absolute atomic E-state index is 0.447. The average molecular weight is 142 g/mol. The summed E-state index contributed by atoms with van der Waals surface area (Å²) in [6, 6.07) is 0. The fourth-order valence-electron chi connectivity index (χ4n) is 0.714. The fourth-order valence-corrected chi connectivity index (χ4v) is 0.714. The molecule has 58 valence electrons. The second-order valence-electron chi connectivity index (χ2n) is 2.92. The first-order chi connectivity index (χ1) is 4.36. The van der Waals surface area contributed by atoms with E-state index < -0.39 is 11.4 Å². The van der Waals surface area contributed by atoms with Crippen LogP contribution in [0.25, 0.3) is 0 Å². The molecule has 0 aliphatic rings. The topological polar surface area (TPSA) is 69.1 Å². The Hall–Kier alpha value is -0.830. The first-order valence-corrected chi connectivity index (χ1v) is 3.09. The Labute approximate surface area is 61.1 Å². The van der Waals surface area contributed by atoms with Crippen LogP contribution < -0.4 is 11.5 Å². The van der Waals surface area contributed by atoms with Gasteiger partial charge in [-0.1, -0.05) is 5.57 Å². The summed E-state index contributed by atoms with van der Waals surface area (Å²) in [5.74, 6) is -0.490. The van der Waals surface area contributed by atoms with Crippen LogP contribution in [0.15, 0.2) is 12.2 Å². The van der Waals surface area contributed by atoms with Crippen molar-refractivity contribution in [2.75, 3.05) is 0 Å². The Bertz CT molecular complexity index is 161. The number of carbonyl (C=O) groups excluding carboxylic acids is 1. The van der Waals surface area contributed by atoms with E-state index in [1.54, 1.807) is 6.92 Å². The van der Waals surface area contributed by atoms with Gasteiger partial charge in [-0.05, 0) is 20.3 Å². The molecule has 10 heavy (non-hydrogen) atoms. The molecule has 3 heteroatoms. The van der Waals surface area contributed by atoms with Crippen molar-refractivity contribution in [2.45, 2.75) is 25.8 Å². The molecule has 0 radical (unpaired) electrons. The summed E-state index contributed by atoms with van der Waals surface area (Å²) >= 11 is 0. The fraction of sp³-hybridized carbons (Fsp3) is 0.571. The van der Waals surface area contributed by atoms with Crippen molar-refractivity contribution in [3.63, 3.8) is 0 Å². The van der Waals surface area contributed by atoms with Crippen molar-refractivity contribution in [1.29, 1.82) is 0 Å². The van der Waals surface area contributed by atoms with Crippen molar-refractivity contribution in [3.8, 4) is 0 Å². The van der Waals surface area contributed by atoms with E-state index in [2.05, 4.69) is 6.58 Å². The summed E-state index contributed by atoms with van der Waals surface area (Å²) in [5, 5.41) is 0. The van der Waals surface area contributed by atoms with E-state index in [-0.39, 0.29) is 0 Å². The number of hydrogen-bond donors (Lipinski definition) is 2. The first kappa shape index (κ1) is 9.17. The predicted molar refractivity (Wildman–Crippen MR) is 41.2 cm³/mol. The lowest BCUT2D eigenvalue weighted by atomic mass is 9.95. The molecule has 0 aliphatic heterocycles. The van der Waals surface area contributed by atoms with Crippen LogP contribution in [-0.4, -0.2) is 11.4 Å². The molecule has 0 saturated heterocycles. The van der Waals surface area contributed by atoms with Crippen LogP contribution in [0.3, 0.4) is 0 Å². The zero-order chi connectivity index (χ0) is 8.36. The number of hydrogen-bond acceptors (Lipinski definition) is 2. The zero-order valence-electron chi connectivity index (χ0n) is 6.48. The quantitative estimate of drug-likeness (QED) is 0.551. The summed E-state index contributed by atoms with van der Waals surface area (Å²) in [6.45, 7) is 7.05. The summed E-state index contributed by atoms with van der Waals surface area (Å²) in [6.07, 6.45) is 0.447. The standard InChI is InChI=1S/C7H14N2O/c1-5(2)4-7(3,9)6(8)10/h1,4,9H2,2-3H3,(H2,8,10)/t7-/m0/s1.